The number of aryl methyl sites for hydroxylation is 1. The molecule has 8 heteroatoms. The molecule has 1 rings (SSSR count). The maximum atomic E-state index is 12.2. The van der Waals surface area contributed by atoms with Crippen molar-refractivity contribution in [3.05, 3.63) is 39.9 Å². The van der Waals surface area contributed by atoms with Crippen LogP contribution in [-0.4, -0.2) is 33.8 Å². The summed E-state index contributed by atoms with van der Waals surface area (Å²) in [5.41, 5.74) is 1.04. The van der Waals surface area contributed by atoms with Gasteiger partial charge in [0.2, 0.25) is 6.04 Å². The van der Waals surface area contributed by atoms with Gasteiger partial charge in [-0.3, -0.25) is 14.9 Å². The number of esters is 1. The van der Waals surface area contributed by atoms with Crippen molar-refractivity contribution in [3.8, 4) is 0 Å². The number of hydrogen-bond donors (Lipinski definition) is 1. The van der Waals surface area contributed by atoms with E-state index in [2.05, 4.69) is 4.72 Å². The van der Waals surface area contributed by atoms with Crippen LogP contribution in [0.4, 0.5) is 0 Å². The molecule has 23 heavy (non-hydrogen) atoms. The van der Waals surface area contributed by atoms with Gasteiger partial charge in [0.15, 0.2) is 0 Å². The van der Waals surface area contributed by atoms with Gasteiger partial charge in [-0.1, -0.05) is 17.7 Å². The van der Waals surface area contributed by atoms with Crippen LogP contribution in [0.25, 0.3) is 0 Å². The zero-order valence-electron chi connectivity index (χ0n) is 13.5. The van der Waals surface area contributed by atoms with Crippen molar-refractivity contribution < 1.29 is 18.7 Å². The molecule has 0 spiro atoms. The molecule has 0 saturated heterocycles. The molecule has 1 aromatic rings. The van der Waals surface area contributed by atoms with Gasteiger partial charge in [0, 0.05) is 11.3 Å². The van der Waals surface area contributed by atoms with Gasteiger partial charge in [0.1, 0.15) is 11.0 Å². The fourth-order valence-electron chi connectivity index (χ4n) is 2.01. The van der Waals surface area contributed by atoms with E-state index in [0.717, 1.165) is 5.56 Å². The number of nitrogens with one attached hydrogen (secondary N) is 1. The first kappa shape index (κ1) is 19.2. The first-order valence-electron chi connectivity index (χ1n) is 7.38. The Morgan fingerprint density at radius 2 is 2.00 bits per heavy atom. The quantitative estimate of drug-likeness (QED) is 0.420. The van der Waals surface area contributed by atoms with Gasteiger partial charge < -0.3 is 4.74 Å². The summed E-state index contributed by atoms with van der Waals surface area (Å²) in [5, 5.41) is 11.2. The predicted molar refractivity (Wildman–Crippen MR) is 86.8 cm³/mol. The summed E-state index contributed by atoms with van der Waals surface area (Å²) in [5.74, 6) is -0.466. The van der Waals surface area contributed by atoms with E-state index in [0.29, 0.717) is 4.90 Å². The van der Waals surface area contributed by atoms with Crippen LogP contribution in [-0.2, 0) is 20.5 Å². The first-order chi connectivity index (χ1) is 10.8. The molecule has 0 aliphatic carbocycles. The smallest absolute Gasteiger partial charge is 0.306 e. The molecule has 0 bridgehead atoms. The Kier molecular flexibility index (Phi) is 7.84. The molecule has 3 atom stereocenters. The molecule has 1 N–H and O–H groups in total. The monoisotopic (exact) mass is 342 g/mol. The first-order valence-corrected chi connectivity index (χ1v) is 8.53. The van der Waals surface area contributed by atoms with E-state index in [4.69, 9.17) is 4.74 Å². The van der Waals surface area contributed by atoms with Crippen LogP contribution in [0.3, 0.4) is 0 Å². The minimum atomic E-state index is -1.55. The van der Waals surface area contributed by atoms with Gasteiger partial charge in [-0.2, -0.15) is 0 Å². The lowest BCUT2D eigenvalue weighted by molar-refractivity contribution is -0.526. The molecule has 0 amide bonds. The second-order valence-electron chi connectivity index (χ2n) is 5.18. The molecule has 7 nitrogen and oxygen atoms in total. The highest BCUT2D eigenvalue weighted by atomic mass is 32.2. The number of ether oxygens (including phenoxy) is 1. The van der Waals surface area contributed by atoms with E-state index in [1.165, 1.54) is 0 Å². The molecule has 0 unspecified atom stereocenters. The topological polar surface area (TPSA) is 98.5 Å². The van der Waals surface area contributed by atoms with Crippen molar-refractivity contribution in [2.24, 2.45) is 0 Å². The molecule has 0 aliphatic rings. The summed E-state index contributed by atoms with van der Waals surface area (Å²) in [7, 11) is -1.55. The highest BCUT2D eigenvalue weighted by molar-refractivity contribution is 7.83. The van der Waals surface area contributed by atoms with E-state index in [1.54, 1.807) is 26.0 Å². The van der Waals surface area contributed by atoms with Gasteiger partial charge in [-0.15, -0.1) is 0 Å². The molecule has 0 heterocycles. The molecule has 0 aliphatic heterocycles. The molecule has 0 saturated carbocycles. The third kappa shape index (κ3) is 6.45. The summed E-state index contributed by atoms with van der Waals surface area (Å²) in [6.07, 6.45) is -0.00618. The number of hydrogen-bond acceptors (Lipinski definition) is 5. The predicted octanol–water partition coefficient (Wildman–Crippen LogP) is 1.98. The number of benzene rings is 1. The van der Waals surface area contributed by atoms with Crippen LogP contribution in [0.2, 0.25) is 0 Å². The largest absolute Gasteiger partial charge is 0.466 e. The van der Waals surface area contributed by atoms with Crippen LogP contribution >= 0.6 is 0 Å². The van der Waals surface area contributed by atoms with E-state index in [-0.39, 0.29) is 19.4 Å². The standard InChI is InChI=1S/C15H22N2O5S/c1-4-22-15(18)10-9-14(17(19)20)12(3)16-23(21)13-7-5-11(2)6-8-13/h5-8,12,14,16H,4,9-10H2,1-3H3/t12-,14-,23-/m0/s1. The van der Waals surface area contributed by atoms with E-state index >= 15 is 0 Å². The van der Waals surface area contributed by atoms with E-state index < -0.39 is 34.0 Å². The molecule has 1 aromatic carbocycles. The number of rotatable bonds is 9. The minimum absolute atomic E-state index is 0.0328. The van der Waals surface area contributed by atoms with Gasteiger partial charge in [0.25, 0.3) is 0 Å². The summed E-state index contributed by atoms with van der Waals surface area (Å²) >= 11 is 0. The normalized spacial score (nSPS) is 14.7. The van der Waals surface area contributed by atoms with Crippen molar-refractivity contribution >= 4 is 17.0 Å². The molecule has 0 aromatic heterocycles. The Morgan fingerprint density at radius 3 is 2.52 bits per heavy atom. The average Bonchev–Trinajstić information content (AvgIpc) is 2.47. The highest BCUT2D eigenvalue weighted by Crippen LogP contribution is 2.12. The Bertz CT molecular complexity index is 561. The molecular weight excluding hydrogens is 320 g/mol. The number of carbonyl (C=O) groups excluding carboxylic acids is 1. The second-order valence-corrected chi connectivity index (χ2v) is 6.43. The lowest BCUT2D eigenvalue weighted by atomic mass is 10.1. The van der Waals surface area contributed by atoms with Gasteiger partial charge >= 0.3 is 5.97 Å². The molecule has 128 valence electrons. The van der Waals surface area contributed by atoms with Crippen LogP contribution in [0.5, 0.6) is 0 Å². The summed E-state index contributed by atoms with van der Waals surface area (Å²) in [6, 6.07) is 5.40. The molecule has 0 radical (unpaired) electrons. The number of nitrogens with zero attached hydrogens (tertiary/aromatic N) is 1. The third-order valence-electron chi connectivity index (χ3n) is 3.33. The number of carbonyl (C=O) groups is 1. The molecule has 0 fully saturated rings. The minimum Gasteiger partial charge on any atom is -0.466 e. The lowest BCUT2D eigenvalue weighted by Gasteiger charge is -2.17. The molecular formula is C15H22N2O5S. The van der Waals surface area contributed by atoms with Gasteiger partial charge in [0.05, 0.1) is 24.0 Å². The average molecular weight is 342 g/mol. The summed E-state index contributed by atoms with van der Waals surface area (Å²) in [4.78, 5) is 22.6. The maximum Gasteiger partial charge on any atom is 0.306 e. The number of nitro groups is 1. The Morgan fingerprint density at radius 1 is 1.39 bits per heavy atom. The Balaban J connectivity index is 2.64. The van der Waals surface area contributed by atoms with Crippen molar-refractivity contribution in [2.75, 3.05) is 6.61 Å². The van der Waals surface area contributed by atoms with Gasteiger partial charge in [-0.25, -0.2) is 8.93 Å². The van der Waals surface area contributed by atoms with E-state index in [9.17, 15) is 19.1 Å². The van der Waals surface area contributed by atoms with Crippen LogP contribution in [0.1, 0.15) is 32.3 Å². The van der Waals surface area contributed by atoms with Crippen molar-refractivity contribution in [1.82, 2.24) is 4.72 Å². The zero-order valence-corrected chi connectivity index (χ0v) is 14.3. The van der Waals surface area contributed by atoms with E-state index in [1.807, 2.05) is 19.1 Å². The second kappa shape index (κ2) is 9.36. The summed E-state index contributed by atoms with van der Waals surface area (Å²) in [6.45, 7) is 5.43. The Labute approximate surface area is 138 Å². The fourth-order valence-corrected chi connectivity index (χ4v) is 3.03. The zero-order chi connectivity index (χ0) is 17.4. The van der Waals surface area contributed by atoms with Gasteiger partial charge in [-0.05, 0) is 32.9 Å². The van der Waals surface area contributed by atoms with Crippen molar-refractivity contribution in [3.63, 3.8) is 0 Å². The van der Waals surface area contributed by atoms with Crippen LogP contribution in [0, 0.1) is 17.0 Å². The van der Waals surface area contributed by atoms with Crippen molar-refractivity contribution in [1.29, 1.82) is 0 Å². The maximum absolute atomic E-state index is 12.2. The van der Waals surface area contributed by atoms with Crippen LogP contribution in [0.15, 0.2) is 29.2 Å². The van der Waals surface area contributed by atoms with Crippen LogP contribution < -0.4 is 4.72 Å². The summed E-state index contributed by atoms with van der Waals surface area (Å²) < 4.78 is 19.7. The third-order valence-corrected chi connectivity index (χ3v) is 4.61. The Hall–Kier alpha value is -1.80. The fraction of sp³-hybridized carbons (Fsp3) is 0.533. The SMILES string of the molecule is CCOC(=O)CC[C@@H]([C@H](C)N[S@@](=O)c1ccc(C)cc1)[N+](=O)[O-]. The van der Waals surface area contributed by atoms with Crippen molar-refractivity contribution in [2.45, 2.75) is 50.6 Å². The highest BCUT2D eigenvalue weighted by Gasteiger charge is 2.30. The lowest BCUT2D eigenvalue weighted by Crippen LogP contribution is -2.43.